The van der Waals surface area contributed by atoms with E-state index in [1.165, 1.54) is 23.0 Å². The van der Waals surface area contributed by atoms with Crippen LogP contribution >= 0.6 is 0 Å². The molecule has 4 rings (SSSR count). The molecule has 8 nitrogen and oxygen atoms in total. The average molecular weight is 415 g/mol. The molecule has 9 heteroatoms. The molecule has 0 atom stereocenters. The summed E-state index contributed by atoms with van der Waals surface area (Å²) in [7, 11) is 0. The average Bonchev–Trinajstić information content (AvgIpc) is 3.43. The number of benzene rings is 1. The second-order valence-electron chi connectivity index (χ2n) is 6.43. The van der Waals surface area contributed by atoms with Crippen LogP contribution in [0.2, 0.25) is 0 Å². The highest BCUT2D eigenvalue weighted by molar-refractivity contribution is 6.07. The third-order valence-corrected chi connectivity index (χ3v) is 4.34. The van der Waals surface area contributed by atoms with Crippen LogP contribution in [0.15, 0.2) is 78.2 Å². The number of hydrogen-bond acceptors (Lipinski definition) is 5. The molecule has 4 aromatic rings. The standard InChI is InChI=1S/C22H18FN7O/c1-2-3-10-25-21-18(14-26-28-21)22(31)27-20-13-19(15-8-11-24-12-9-15)29-30(20)17-6-4-16(23)5-7-17/h2-14H,1H3,(H,26,28)(H,27,31)/b3-2-,25-10-. The number of aromatic nitrogens is 5. The van der Waals surface area contributed by atoms with Crippen LogP contribution in [0.4, 0.5) is 16.0 Å². The fourth-order valence-corrected chi connectivity index (χ4v) is 2.84. The predicted octanol–water partition coefficient (Wildman–Crippen LogP) is 4.33. The summed E-state index contributed by atoms with van der Waals surface area (Å²) in [6, 6.07) is 11.2. The van der Waals surface area contributed by atoms with E-state index in [2.05, 4.69) is 30.6 Å². The summed E-state index contributed by atoms with van der Waals surface area (Å²) < 4.78 is 14.9. The van der Waals surface area contributed by atoms with Gasteiger partial charge in [-0.15, -0.1) is 0 Å². The van der Waals surface area contributed by atoms with Crippen molar-refractivity contribution >= 4 is 23.8 Å². The van der Waals surface area contributed by atoms with Crippen LogP contribution in [0.1, 0.15) is 17.3 Å². The molecule has 1 amide bonds. The molecule has 0 unspecified atom stereocenters. The number of allylic oxidation sites excluding steroid dienone is 2. The van der Waals surface area contributed by atoms with E-state index >= 15 is 0 Å². The Hall–Kier alpha value is -4.40. The van der Waals surface area contributed by atoms with Gasteiger partial charge in [0.25, 0.3) is 5.91 Å². The molecule has 1 aromatic carbocycles. The number of anilines is 1. The third-order valence-electron chi connectivity index (χ3n) is 4.34. The number of aromatic amines is 1. The van der Waals surface area contributed by atoms with E-state index in [-0.39, 0.29) is 11.4 Å². The Morgan fingerprint density at radius 2 is 1.97 bits per heavy atom. The van der Waals surface area contributed by atoms with Crippen LogP contribution < -0.4 is 5.32 Å². The predicted molar refractivity (Wildman–Crippen MR) is 116 cm³/mol. The zero-order valence-corrected chi connectivity index (χ0v) is 16.5. The molecule has 0 saturated heterocycles. The number of halogens is 1. The van der Waals surface area contributed by atoms with Crippen molar-refractivity contribution in [3.8, 4) is 16.9 Å². The lowest BCUT2D eigenvalue weighted by atomic mass is 10.2. The van der Waals surface area contributed by atoms with E-state index in [0.717, 1.165) is 5.56 Å². The van der Waals surface area contributed by atoms with Gasteiger partial charge in [-0.3, -0.25) is 14.9 Å². The van der Waals surface area contributed by atoms with Crippen LogP contribution in [0.5, 0.6) is 0 Å². The van der Waals surface area contributed by atoms with Crippen molar-refractivity contribution in [2.75, 3.05) is 5.32 Å². The molecule has 31 heavy (non-hydrogen) atoms. The first-order valence-corrected chi connectivity index (χ1v) is 9.42. The van der Waals surface area contributed by atoms with Crippen LogP contribution in [-0.2, 0) is 0 Å². The minimum atomic E-state index is -0.411. The number of rotatable bonds is 6. The summed E-state index contributed by atoms with van der Waals surface area (Å²) in [4.78, 5) is 21.2. The number of carbonyl (C=O) groups is 1. The zero-order chi connectivity index (χ0) is 21.6. The van der Waals surface area contributed by atoms with Crippen molar-refractivity contribution in [3.05, 3.63) is 84.6 Å². The number of nitrogens with zero attached hydrogens (tertiary/aromatic N) is 5. The monoisotopic (exact) mass is 415 g/mol. The van der Waals surface area contributed by atoms with Gasteiger partial charge in [0.1, 0.15) is 17.2 Å². The van der Waals surface area contributed by atoms with Crippen LogP contribution in [-0.4, -0.2) is 37.1 Å². The molecule has 0 saturated carbocycles. The topological polar surface area (TPSA) is 101 Å². The number of aliphatic imine (C=N–C) groups is 1. The summed E-state index contributed by atoms with van der Waals surface area (Å²) in [6.45, 7) is 1.86. The molecule has 3 heterocycles. The van der Waals surface area contributed by atoms with E-state index in [0.29, 0.717) is 23.0 Å². The van der Waals surface area contributed by atoms with E-state index in [9.17, 15) is 9.18 Å². The molecule has 154 valence electrons. The zero-order valence-electron chi connectivity index (χ0n) is 16.5. The molecular formula is C22H18FN7O. The Morgan fingerprint density at radius 3 is 2.71 bits per heavy atom. The number of H-pyrrole nitrogens is 1. The summed E-state index contributed by atoms with van der Waals surface area (Å²) in [6.07, 6.45) is 9.85. The first-order chi connectivity index (χ1) is 15.2. The van der Waals surface area contributed by atoms with Gasteiger partial charge in [-0.25, -0.2) is 14.1 Å². The molecule has 0 aliphatic heterocycles. The highest BCUT2D eigenvalue weighted by Crippen LogP contribution is 2.26. The number of pyridine rings is 1. The normalized spacial score (nSPS) is 11.4. The van der Waals surface area contributed by atoms with E-state index in [4.69, 9.17) is 0 Å². The smallest absolute Gasteiger partial charge is 0.262 e. The highest BCUT2D eigenvalue weighted by Gasteiger charge is 2.18. The second kappa shape index (κ2) is 8.95. The van der Waals surface area contributed by atoms with Gasteiger partial charge in [0.2, 0.25) is 0 Å². The van der Waals surface area contributed by atoms with Gasteiger partial charge >= 0.3 is 0 Å². The Bertz CT molecular complexity index is 1240. The number of nitrogens with one attached hydrogen (secondary N) is 2. The fraction of sp³-hybridized carbons (Fsp3) is 0.0455. The lowest BCUT2D eigenvalue weighted by Crippen LogP contribution is -2.14. The fourth-order valence-electron chi connectivity index (χ4n) is 2.84. The maximum atomic E-state index is 13.4. The van der Waals surface area contributed by atoms with Gasteiger partial charge in [-0.05, 0) is 49.4 Å². The summed E-state index contributed by atoms with van der Waals surface area (Å²) in [5, 5.41) is 14.0. The minimum Gasteiger partial charge on any atom is -0.306 e. The van der Waals surface area contributed by atoms with Crippen molar-refractivity contribution in [1.29, 1.82) is 0 Å². The minimum absolute atomic E-state index is 0.276. The van der Waals surface area contributed by atoms with E-state index in [1.807, 2.05) is 25.1 Å². The molecule has 3 aromatic heterocycles. The number of amides is 1. The molecule has 0 spiro atoms. The van der Waals surface area contributed by atoms with Crippen molar-refractivity contribution in [3.63, 3.8) is 0 Å². The maximum absolute atomic E-state index is 13.4. The Morgan fingerprint density at radius 1 is 1.19 bits per heavy atom. The molecule has 0 fully saturated rings. The largest absolute Gasteiger partial charge is 0.306 e. The quantitative estimate of drug-likeness (QED) is 0.458. The number of carbonyl (C=O) groups excluding carboxylic acids is 1. The molecule has 0 bridgehead atoms. The van der Waals surface area contributed by atoms with Gasteiger partial charge < -0.3 is 5.32 Å². The first kappa shape index (κ1) is 19.9. The molecular weight excluding hydrogens is 397 g/mol. The van der Waals surface area contributed by atoms with Crippen molar-refractivity contribution < 1.29 is 9.18 Å². The summed E-state index contributed by atoms with van der Waals surface area (Å²) in [5.41, 5.74) is 2.32. The van der Waals surface area contributed by atoms with Gasteiger partial charge in [-0.1, -0.05) is 6.08 Å². The van der Waals surface area contributed by atoms with Crippen molar-refractivity contribution in [2.45, 2.75) is 6.92 Å². The molecule has 0 aliphatic carbocycles. The van der Waals surface area contributed by atoms with Gasteiger partial charge in [0.05, 0.1) is 17.6 Å². The Labute approximate surface area is 177 Å². The Kier molecular flexibility index (Phi) is 5.75. The third kappa shape index (κ3) is 4.45. The lowest BCUT2D eigenvalue weighted by Gasteiger charge is -2.08. The van der Waals surface area contributed by atoms with Crippen molar-refractivity contribution in [1.82, 2.24) is 25.0 Å². The van der Waals surface area contributed by atoms with E-state index in [1.54, 1.807) is 42.9 Å². The highest BCUT2D eigenvalue weighted by atomic mass is 19.1. The van der Waals surface area contributed by atoms with Crippen LogP contribution in [0, 0.1) is 5.82 Å². The first-order valence-electron chi connectivity index (χ1n) is 9.42. The molecule has 0 radical (unpaired) electrons. The SMILES string of the molecule is C/C=C\C=N/c1[nH]ncc1C(=O)Nc1cc(-c2ccncc2)nn1-c1ccc(F)cc1. The molecule has 2 N–H and O–H groups in total. The van der Waals surface area contributed by atoms with Crippen molar-refractivity contribution in [2.24, 2.45) is 4.99 Å². The number of hydrogen-bond donors (Lipinski definition) is 2. The van der Waals surface area contributed by atoms with Gasteiger partial charge in [0.15, 0.2) is 5.82 Å². The van der Waals surface area contributed by atoms with Crippen LogP contribution in [0.3, 0.4) is 0 Å². The maximum Gasteiger partial charge on any atom is 0.262 e. The lowest BCUT2D eigenvalue weighted by molar-refractivity contribution is 0.102. The summed E-state index contributed by atoms with van der Waals surface area (Å²) >= 11 is 0. The summed E-state index contributed by atoms with van der Waals surface area (Å²) in [5.74, 6) is -0.0328. The van der Waals surface area contributed by atoms with Gasteiger partial charge in [0, 0.05) is 30.2 Å². The van der Waals surface area contributed by atoms with Gasteiger partial charge in [-0.2, -0.15) is 10.2 Å². The second-order valence-corrected chi connectivity index (χ2v) is 6.43. The van der Waals surface area contributed by atoms with Crippen LogP contribution in [0.25, 0.3) is 16.9 Å². The van der Waals surface area contributed by atoms with E-state index < -0.39 is 5.91 Å². The Balaban J connectivity index is 1.70. The molecule has 0 aliphatic rings.